The average Bonchev–Trinajstić information content (AvgIpc) is 2.92. The van der Waals surface area contributed by atoms with Crippen molar-refractivity contribution in [1.29, 1.82) is 0 Å². The second-order valence-corrected chi connectivity index (χ2v) is 8.07. The molecule has 0 radical (unpaired) electrons. The lowest BCUT2D eigenvalue weighted by Crippen LogP contribution is -2.43. The maximum Gasteiger partial charge on any atom is 0.339 e. The fourth-order valence-corrected chi connectivity index (χ4v) is 3.55. The van der Waals surface area contributed by atoms with Crippen LogP contribution in [0.1, 0.15) is 23.2 Å². The van der Waals surface area contributed by atoms with Gasteiger partial charge in [-0.05, 0) is 18.2 Å². The maximum atomic E-state index is 12.4. The van der Waals surface area contributed by atoms with E-state index in [-0.39, 0.29) is 25.2 Å². The molecule has 0 bridgehead atoms. The molecular formula is C27H32N2O8. The molecular weight excluding hydrogens is 480 g/mol. The number of nitrogens with zero attached hydrogens (tertiary/aromatic N) is 2. The number of piperidine rings is 1. The Morgan fingerprint density at radius 2 is 1.76 bits per heavy atom. The summed E-state index contributed by atoms with van der Waals surface area (Å²) in [6.07, 6.45) is 7.91. The van der Waals surface area contributed by atoms with Crippen LogP contribution in [-0.4, -0.2) is 87.7 Å². The van der Waals surface area contributed by atoms with Gasteiger partial charge in [-0.1, -0.05) is 12.0 Å². The molecule has 1 aromatic heterocycles. The van der Waals surface area contributed by atoms with E-state index in [4.69, 9.17) is 30.1 Å². The SMILES string of the molecule is C#CCOCCOCCOCC(=O)N1CCC(Oc2cccc(Oc3ccc(C(=O)OC)cn3)c2)CC1. The normalized spacial score (nSPS) is 13.6. The van der Waals surface area contributed by atoms with E-state index < -0.39 is 5.97 Å². The summed E-state index contributed by atoms with van der Waals surface area (Å²) in [5, 5.41) is 0. The van der Waals surface area contributed by atoms with Gasteiger partial charge in [0.2, 0.25) is 11.8 Å². The summed E-state index contributed by atoms with van der Waals surface area (Å²) in [6.45, 7) is 3.08. The molecule has 198 valence electrons. The first-order valence-corrected chi connectivity index (χ1v) is 12.0. The number of aromatic nitrogens is 1. The van der Waals surface area contributed by atoms with Gasteiger partial charge in [0.25, 0.3) is 0 Å². The molecule has 0 atom stereocenters. The predicted octanol–water partition coefficient (Wildman–Crippen LogP) is 2.71. The van der Waals surface area contributed by atoms with Gasteiger partial charge in [0.05, 0.1) is 39.1 Å². The summed E-state index contributed by atoms with van der Waals surface area (Å²) in [4.78, 5) is 29.8. The summed E-state index contributed by atoms with van der Waals surface area (Å²) in [5.74, 6) is 3.45. The molecule has 0 N–H and O–H groups in total. The number of terminal acetylenes is 1. The van der Waals surface area contributed by atoms with Crippen molar-refractivity contribution in [1.82, 2.24) is 9.88 Å². The molecule has 0 unspecified atom stereocenters. The van der Waals surface area contributed by atoms with Crippen molar-refractivity contribution in [2.75, 3.05) is 59.8 Å². The van der Waals surface area contributed by atoms with E-state index in [2.05, 4.69) is 15.6 Å². The molecule has 10 heteroatoms. The number of benzene rings is 1. The van der Waals surface area contributed by atoms with E-state index in [1.54, 1.807) is 29.2 Å². The van der Waals surface area contributed by atoms with Gasteiger partial charge in [-0.25, -0.2) is 9.78 Å². The average molecular weight is 513 g/mol. The summed E-state index contributed by atoms with van der Waals surface area (Å²) >= 11 is 0. The number of rotatable bonds is 14. The Morgan fingerprint density at radius 3 is 2.46 bits per heavy atom. The van der Waals surface area contributed by atoms with Crippen LogP contribution in [0.5, 0.6) is 17.4 Å². The van der Waals surface area contributed by atoms with Crippen LogP contribution in [-0.2, 0) is 23.7 Å². The number of esters is 1. The molecule has 1 fully saturated rings. The van der Waals surface area contributed by atoms with Crippen molar-refractivity contribution in [3.05, 3.63) is 48.2 Å². The van der Waals surface area contributed by atoms with E-state index in [0.717, 1.165) is 0 Å². The molecule has 0 spiro atoms. The Balaban J connectivity index is 1.34. The van der Waals surface area contributed by atoms with Crippen molar-refractivity contribution in [2.24, 2.45) is 0 Å². The zero-order valence-electron chi connectivity index (χ0n) is 20.9. The third-order valence-electron chi connectivity index (χ3n) is 5.44. The standard InChI is InChI=1S/C27H32N2O8/c1-3-13-33-14-15-34-16-17-35-20-26(30)29-11-9-22(10-12-29)36-23-5-4-6-24(18-23)37-25-8-7-21(19-28-25)27(31)32-2/h1,4-8,18-19,22H,9-17,20H2,2H3. The summed E-state index contributed by atoms with van der Waals surface area (Å²) in [5.41, 5.74) is 0.343. The molecule has 2 aromatic rings. The molecule has 3 rings (SSSR count). The highest BCUT2D eigenvalue weighted by atomic mass is 16.5. The number of methoxy groups -OCH3 is 1. The first kappa shape index (κ1) is 27.9. The highest BCUT2D eigenvalue weighted by Crippen LogP contribution is 2.26. The third kappa shape index (κ3) is 9.73. The van der Waals surface area contributed by atoms with Gasteiger partial charge in [-0.2, -0.15) is 0 Å². The predicted molar refractivity (Wildman–Crippen MR) is 134 cm³/mol. The fourth-order valence-electron chi connectivity index (χ4n) is 3.55. The van der Waals surface area contributed by atoms with Gasteiger partial charge in [-0.15, -0.1) is 6.42 Å². The Kier molecular flexibility index (Phi) is 11.7. The number of hydrogen-bond acceptors (Lipinski definition) is 9. The van der Waals surface area contributed by atoms with Crippen molar-refractivity contribution in [3.63, 3.8) is 0 Å². The first-order chi connectivity index (χ1) is 18.1. The van der Waals surface area contributed by atoms with Crippen LogP contribution in [0.2, 0.25) is 0 Å². The summed E-state index contributed by atoms with van der Waals surface area (Å²) in [7, 11) is 1.32. The molecule has 1 aliphatic rings. The van der Waals surface area contributed by atoms with Crippen molar-refractivity contribution < 1.29 is 38.0 Å². The number of pyridine rings is 1. The van der Waals surface area contributed by atoms with E-state index in [0.29, 0.717) is 75.3 Å². The molecule has 0 aliphatic carbocycles. The quantitative estimate of drug-likeness (QED) is 0.215. The second-order valence-electron chi connectivity index (χ2n) is 8.07. The van der Waals surface area contributed by atoms with Gasteiger partial charge in [0.1, 0.15) is 30.8 Å². The Bertz CT molecular complexity index is 1030. The number of carbonyl (C=O) groups is 2. The van der Waals surface area contributed by atoms with Crippen LogP contribution in [0.15, 0.2) is 42.6 Å². The lowest BCUT2D eigenvalue weighted by molar-refractivity contribution is -0.138. The molecule has 2 heterocycles. The summed E-state index contributed by atoms with van der Waals surface area (Å²) < 4.78 is 32.4. The van der Waals surface area contributed by atoms with E-state index in [1.165, 1.54) is 13.3 Å². The van der Waals surface area contributed by atoms with Crippen LogP contribution in [0.3, 0.4) is 0 Å². The topological polar surface area (TPSA) is 106 Å². The number of carbonyl (C=O) groups excluding carboxylic acids is 2. The Hall–Kier alpha value is -3.65. The van der Waals surface area contributed by atoms with E-state index >= 15 is 0 Å². The molecule has 10 nitrogen and oxygen atoms in total. The van der Waals surface area contributed by atoms with Gasteiger partial charge < -0.3 is 33.3 Å². The number of hydrogen-bond donors (Lipinski definition) is 0. The summed E-state index contributed by atoms with van der Waals surface area (Å²) in [6, 6.07) is 10.4. The number of ether oxygens (including phenoxy) is 6. The number of likely N-dealkylation sites (tertiary alicyclic amines) is 1. The maximum absolute atomic E-state index is 12.4. The Labute approximate surface area is 216 Å². The zero-order valence-corrected chi connectivity index (χ0v) is 20.9. The minimum absolute atomic E-state index is 0.0113. The van der Waals surface area contributed by atoms with Crippen molar-refractivity contribution >= 4 is 11.9 Å². The highest BCUT2D eigenvalue weighted by molar-refractivity contribution is 5.88. The second kappa shape index (κ2) is 15.5. The van der Waals surface area contributed by atoms with Crippen LogP contribution in [0, 0.1) is 12.3 Å². The minimum atomic E-state index is -0.459. The number of amides is 1. The van der Waals surface area contributed by atoms with Gasteiger partial charge in [0.15, 0.2) is 0 Å². The molecule has 0 saturated carbocycles. The van der Waals surface area contributed by atoms with E-state index in [1.807, 2.05) is 12.1 Å². The lowest BCUT2D eigenvalue weighted by atomic mass is 10.1. The Morgan fingerprint density at radius 1 is 1.03 bits per heavy atom. The fraction of sp³-hybridized carbons (Fsp3) is 0.444. The highest BCUT2D eigenvalue weighted by Gasteiger charge is 2.24. The van der Waals surface area contributed by atoms with Gasteiger partial charge >= 0.3 is 5.97 Å². The van der Waals surface area contributed by atoms with Crippen LogP contribution in [0.4, 0.5) is 0 Å². The minimum Gasteiger partial charge on any atom is -0.490 e. The monoisotopic (exact) mass is 512 g/mol. The largest absolute Gasteiger partial charge is 0.490 e. The van der Waals surface area contributed by atoms with Crippen LogP contribution < -0.4 is 9.47 Å². The van der Waals surface area contributed by atoms with Crippen LogP contribution in [0.25, 0.3) is 0 Å². The molecule has 1 amide bonds. The van der Waals surface area contributed by atoms with Crippen molar-refractivity contribution in [2.45, 2.75) is 18.9 Å². The molecule has 1 aliphatic heterocycles. The van der Waals surface area contributed by atoms with Crippen molar-refractivity contribution in [3.8, 4) is 29.7 Å². The third-order valence-corrected chi connectivity index (χ3v) is 5.44. The smallest absolute Gasteiger partial charge is 0.339 e. The molecule has 37 heavy (non-hydrogen) atoms. The van der Waals surface area contributed by atoms with Gasteiger partial charge in [-0.3, -0.25) is 4.79 Å². The lowest BCUT2D eigenvalue weighted by Gasteiger charge is -2.32. The zero-order chi connectivity index (χ0) is 26.3. The molecule has 1 aromatic carbocycles. The van der Waals surface area contributed by atoms with E-state index in [9.17, 15) is 9.59 Å². The first-order valence-electron chi connectivity index (χ1n) is 12.0. The van der Waals surface area contributed by atoms with Crippen LogP contribution >= 0.6 is 0 Å². The van der Waals surface area contributed by atoms with Gasteiger partial charge in [0, 0.05) is 44.3 Å². The molecule has 1 saturated heterocycles.